The number of methoxy groups -OCH3 is 1. The number of amides is 1. The van der Waals surface area contributed by atoms with Gasteiger partial charge in [-0.15, -0.1) is 0 Å². The predicted molar refractivity (Wildman–Crippen MR) is 110 cm³/mol. The van der Waals surface area contributed by atoms with E-state index in [2.05, 4.69) is 9.97 Å². The Kier molecular flexibility index (Phi) is 6.67. The van der Waals surface area contributed by atoms with Crippen molar-refractivity contribution in [3.63, 3.8) is 0 Å². The molecule has 0 fully saturated rings. The summed E-state index contributed by atoms with van der Waals surface area (Å²) in [7, 11) is 1.57. The number of carbonyl (C=O) groups excluding carboxylic acids is 1. The molecule has 6 nitrogen and oxygen atoms in total. The van der Waals surface area contributed by atoms with Gasteiger partial charge in [0.05, 0.1) is 40.5 Å². The Bertz CT molecular complexity index is 1050. The number of halogens is 2. The van der Waals surface area contributed by atoms with E-state index in [0.717, 1.165) is 5.56 Å². The molecule has 146 valence electrons. The monoisotopic (exact) mass is 419 g/mol. The molecule has 28 heavy (non-hydrogen) atoms. The number of hydrogen-bond acceptors (Lipinski definition) is 4. The zero-order valence-electron chi connectivity index (χ0n) is 15.2. The second-order valence-electron chi connectivity index (χ2n) is 6.26. The van der Waals surface area contributed by atoms with Gasteiger partial charge in [-0.2, -0.15) is 0 Å². The van der Waals surface area contributed by atoms with Crippen LogP contribution in [0.15, 0.2) is 47.3 Å². The highest BCUT2D eigenvalue weighted by molar-refractivity contribution is 6.42. The predicted octanol–water partition coefficient (Wildman–Crippen LogP) is 3.45. The summed E-state index contributed by atoms with van der Waals surface area (Å²) in [6.45, 7) is 0.904. The highest BCUT2D eigenvalue weighted by atomic mass is 35.5. The molecule has 0 aliphatic heterocycles. The zero-order chi connectivity index (χ0) is 20.1. The van der Waals surface area contributed by atoms with Gasteiger partial charge in [0.15, 0.2) is 0 Å². The Balaban J connectivity index is 1.82. The number of aromatic amines is 1. The van der Waals surface area contributed by atoms with Crippen LogP contribution in [0, 0.1) is 0 Å². The van der Waals surface area contributed by atoms with Crippen molar-refractivity contribution in [1.29, 1.82) is 0 Å². The normalized spacial score (nSPS) is 11.0. The summed E-state index contributed by atoms with van der Waals surface area (Å²) in [5, 5.41) is 1.35. The van der Waals surface area contributed by atoms with Crippen LogP contribution in [0.5, 0.6) is 0 Å². The van der Waals surface area contributed by atoms with Crippen molar-refractivity contribution in [1.82, 2.24) is 14.9 Å². The lowest BCUT2D eigenvalue weighted by molar-refractivity contribution is -0.131. The molecule has 0 bridgehead atoms. The van der Waals surface area contributed by atoms with Crippen LogP contribution in [0.2, 0.25) is 10.0 Å². The lowest BCUT2D eigenvalue weighted by atomic mass is 10.1. The Morgan fingerprint density at radius 3 is 2.71 bits per heavy atom. The van der Waals surface area contributed by atoms with E-state index in [0.29, 0.717) is 39.9 Å². The van der Waals surface area contributed by atoms with Gasteiger partial charge in [0.1, 0.15) is 5.82 Å². The topological polar surface area (TPSA) is 75.3 Å². The molecule has 3 rings (SSSR count). The maximum absolute atomic E-state index is 12.8. The molecule has 2 aromatic carbocycles. The first-order valence-electron chi connectivity index (χ1n) is 8.66. The largest absolute Gasteiger partial charge is 0.383 e. The van der Waals surface area contributed by atoms with E-state index >= 15 is 0 Å². The number of benzene rings is 2. The van der Waals surface area contributed by atoms with Gasteiger partial charge >= 0.3 is 0 Å². The van der Waals surface area contributed by atoms with E-state index in [1.165, 1.54) is 0 Å². The third-order valence-electron chi connectivity index (χ3n) is 4.26. The van der Waals surface area contributed by atoms with Crippen LogP contribution in [0.4, 0.5) is 0 Å². The number of fused-ring (bicyclic) bond motifs is 1. The minimum atomic E-state index is -0.232. The lowest BCUT2D eigenvalue weighted by Gasteiger charge is -2.22. The van der Waals surface area contributed by atoms with E-state index in [1.54, 1.807) is 48.4 Å². The first-order chi connectivity index (χ1) is 13.5. The molecule has 0 unspecified atom stereocenters. The van der Waals surface area contributed by atoms with Crippen molar-refractivity contribution in [3.8, 4) is 0 Å². The van der Waals surface area contributed by atoms with Gasteiger partial charge in [0.2, 0.25) is 5.91 Å². The molecule has 3 aromatic rings. The third-order valence-corrected chi connectivity index (χ3v) is 5.00. The van der Waals surface area contributed by atoms with E-state index < -0.39 is 0 Å². The van der Waals surface area contributed by atoms with Crippen molar-refractivity contribution < 1.29 is 9.53 Å². The molecule has 8 heteroatoms. The Hall–Kier alpha value is -2.41. The van der Waals surface area contributed by atoms with Gasteiger partial charge < -0.3 is 14.6 Å². The van der Waals surface area contributed by atoms with Crippen LogP contribution >= 0.6 is 23.2 Å². The Morgan fingerprint density at radius 1 is 1.18 bits per heavy atom. The molecular formula is C20H19Cl2N3O3. The van der Waals surface area contributed by atoms with Crippen molar-refractivity contribution in [2.45, 2.75) is 13.0 Å². The van der Waals surface area contributed by atoms with Crippen molar-refractivity contribution in [2.24, 2.45) is 0 Å². The summed E-state index contributed by atoms with van der Waals surface area (Å²) in [5.41, 5.74) is 1.11. The van der Waals surface area contributed by atoms with Crippen LogP contribution in [-0.2, 0) is 22.5 Å². The molecule has 1 aromatic heterocycles. The molecular weight excluding hydrogens is 401 g/mol. The Morgan fingerprint density at radius 2 is 1.96 bits per heavy atom. The average Bonchev–Trinajstić information content (AvgIpc) is 2.68. The number of nitrogens with zero attached hydrogens (tertiary/aromatic N) is 2. The van der Waals surface area contributed by atoms with Gasteiger partial charge in [-0.3, -0.25) is 9.59 Å². The minimum absolute atomic E-state index is 0.133. The molecule has 1 amide bonds. The smallest absolute Gasteiger partial charge is 0.258 e. The maximum atomic E-state index is 12.8. The first kappa shape index (κ1) is 20.3. The molecule has 0 aliphatic carbocycles. The fourth-order valence-electron chi connectivity index (χ4n) is 2.82. The van der Waals surface area contributed by atoms with E-state index in [1.807, 2.05) is 6.07 Å². The Labute approximate surface area is 172 Å². The quantitative estimate of drug-likeness (QED) is 0.636. The molecule has 0 saturated carbocycles. The molecule has 0 saturated heterocycles. The lowest BCUT2D eigenvalue weighted by Crippen LogP contribution is -2.35. The van der Waals surface area contributed by atoms with Crippen LogP contribution in [-0.4, -0.2) is 41.0 Å². The molecule has 0 spiro atoms. The summed E-state index contributed by atoms with van der Waals surface area (Å²) < 4.78 is 5.11. The van der Waals surface area contributed by atoms with Crippen LogP contribution in [0.25, 0.3) is 10.9 Å². The van der Waals surface area contributed by atoms with E-state index in [-0.39, 0.29) is 24.4 Å². The molecule has 1 heterocycles. The van der Waals surface area contributed by atoms with E-state index in [9.17, 15) is 9.59 Å². The average molecular weight is 420 g/mol. The fraction of sp³-hybridized carbons (Fsp3) is 0.250. The summed E-state index contributed by atoms with van der Waals surface area (Å²) in [6, 6.07) is 12.2. The fourth-order valence-corrected chi connectivity index (χ4v) is 3.14. The van der Waals surface area contributed by atoms with Crippen molar-refractivity contribution in [2.75, 3.05) is 20.3 Å². The van der Waals surface area contributed by atoms with Crippen LogP contribution < -0.4 is 5.56 Å². The summed E-state index contributed by atoms with van der Waals surface area (Å²) in [5.74, 6) is 0.286. The highest BCUT2D eigenvalue weighted by Crippen LogP contribution is 2.23. The second-order valence-corrected chi connectivity index (χ2v) is 7.08. The zero-order valence-corrected chi connectivity index (χ0v) is 16.8. The number of carbonyl (C=O) groups is 1. The minimum Gasteiger partial charge on any atom is -0.383 e. The van der Waals surface area contributed by atoms with Gasteiger partial charge in [-0.25, -0.2) is 4.98 Å². The first-order valence-corrected chi connectivity index (χ1v) is 9.42. The standard InChI is InChI=1S/C20H19Cl2N3O3/c1-28-9-8-25(19(26)11-13-6-7-15(21)16(22)10-13)12-18-23-17-5-3-2-4-14(17)20(27)24-18/h2-7,10H,8-9,11-12H2,1H3,(H,23,24,27). The second kappa shape index (κ2) is 9.19. The molecule has 0 radical (unpaired) electrons. The number of aromatic nitrogens is 2. The van der Waals surface area contributed by atoms with Crippen LogP contribution in [0.1, 0.15) is 11.4 Å². The number of ether oxygens (including phenoxy) is 1. The summed E-state index contributed by atoms with van der Waals surface area (Å²) in [4.78, 5) is 33.9. The maximum Gasteiger partial charge on any atom is 0.258 e. The van der Waals surface area contributed by atoms with Gasteiger partial charge in [-0.05, 0) is 29.8 Å². The third kappa shape index (κ3) is 4.90. The SMILES string of the molecule is COCCN(Cc1nc2ccccc2c(=O)[nH]1)C(=O)Cc1ccc(Cl)c(Cl)c1. The van der Waals surface area contributed by atoms with Crippen LogP contribution in [0.3, 0.4) is 0 Å². The number of hydrogen-bond donors (Lipinski definition) is 1. The number of H-pyrrole nitrogens is 1. The number of para-hydroxylation sites is 1. The van der Waals surface area contributed by atoms with Gasteiger partial charge in [0.25, 0.3) is 5.56 Å². The van der Waals surface area contributed by atoms with Gasteiger partial charge in [-0.1, -0.05) is 41.4 Å². The molecule has 0 atom stereocenters. The van der Waals surface area contributed by atoms with Crippen molar-refractivity contribution in [3.05, 3.63) is 74.3 Å². The summed E-state index contributed by atoms with van der Waals surface area (Å²) >= 11 is 12.0. The number of nitrogens with one attached hydrogen (secondary N) is 1. The van der Waals surface area contributed by atoms with Gasteiger partial charge in [0, 0.05) is 13.7 Å². The highest BCUT2D eigenvalue weighted by Gasteiger charge is 2.17. The summed E-state index contributed by atoms with van der Waals surface area (Å²) in [6.07, 6.45) is 0.151. The molecule has 0 aliphatic rings. The van der Waals surface area contributed by atoms with E-state index in [4.69, 9.17) is 27.9 Å². The molecule has 1 N–H and O–H groups in total. The number of rotatable bonds is 7. The van der Waals surface area contributed by atoms with Crippen molar-refractivity contribution >= 4 is 40.0 Å².